The summed E-state index contributed by atoms with van der Waals surface area (Å²) in [6.45, 7) is 0. The summed E-state index contributed by atoms with van der Waals surface area (Å²) in [5.41, 5.74) is 2.61. The summed E-state index contributed by atoms with van der Waals surface area (Å²) in [5.74, 6) is 0.826. The number of aromatic nitrogens is 4. The van der Waals surface area contributed by atoms with Gasteiger partial charge in [0.1, 0.15) is 17.7 Å². The second-order valence-corrected chi connectivity index (χ2v) is 5.28. The van der Waals surface area contributed by atoms with E-state index in [9.17, 15) is 0 Å². The molecule has 0 radical (unpaired) electrons. The van der Waals surface area contributed by atoms with Crippen molar-refractivity contribution in [3.8, 4) is 11.4 Å². The molecule has 0 atom stereocenters. The number of thiophene rings is 1. The fourth-order valence-electron chi connectivity index (χ4n) is 1.33. The minimum absolute atomic E-state index is 0.697. The number of nitrogens with one attached hydrogen (secondary N) is 1. The van der Waals surface area contributed by atoms with Gasteiger partial charge in [0.05, 0.1) is 9.98 Å². The summed E-state index contributed by atoms with van der Waals surface area (Å²) < 4.78 is 1.09. The lowest BCUT2D eigenvalue weighted by Crippen LogP contribution is -1.76. The summed E-state index contributed by atoms with van der Waals surface area (Å²) >= 11 is 5.05. The largest absolute Gasteiger partial charge is 0.335 e. The molecule has 15 heavy (non-hydrogen) atoms. The molecule has 1 N–H and O–H groups in total. The molecule has 0 aliphatic heterocycles. The van der Waals surface area contributed by atoms with Gasteiger partial charge in [-0.15, -0.1) is 11.3 Å². The Labute approximate surface area is 97.5 Å². The van der Waals surface area contributed by atoms with Gasteiger partial charge < -0.3 is 4.98 Å². The SMILES string of the molecule is Brc1cc(-c2nc3ncncc3[nH]2)cs1. The van der Waals surface area contributed by atoms with Crippen LogP contribution in [-0.2, 0) is 0 Å². The van der Waals surface area contributed by atoms with Crippen LogP contribution in [0, 0.1) is 0 Å². The van der Waals surface area contributed by atoms with Gasteiger partial charge in [0.2, 0.25) is 0 Å². The molecule has 0 aliphatic rings. The predicted molar refractivity (Wildman–Crippen MR) is 62.7 cm³/mol. The number of hydrogen-bond acceptors (Lipinski definition) is 4. The Balaban J connectivity index is 2.19. The first-order chi connectivity index (χ1) is 7.33. The minimum atomic E-state index is 0.697. The number of H-pyrrole nitrogens is 1. The van der Waals surface area contributed by atoms with Gasteiger partial charge in [-0.2, -0.15) is 0 Å². The first kappa shape index (κ1) is 8.99. The van der Waals surface area contributed by atoms with Crippen LogP contribution in [0.2, 0.25) is 0 Å². The molecule has 0 saturated heterocycles. The molecule has 0 amide bonds. The zero-order valence-electron chi connectivity index (χ0n) is 7.44. The van der Waals surface area contributed by atoms with Gasteiger partial charge in [0.15, 0.2) is 5.65 Å². The molecule has 3 rings (SSSR count). The van der Waals surface area contributed by atoms with Gasteiger partial charge in [-0.05, 0) is 22.0 Å². The number of rotatable bonds is 1. The van der Waals surface area contributed by atoms with Crippen molar-refractivity contribution < 1.29 is 0 Å². The maximum absolute atomic E-state index is 4.38. The van der Waals surface area contributed by atoms with E-state index in [0.29, 0.717) is 5.65 Å². The zero-order chi connectivity index (χ0) is 10.3. The predicted octanol–water partition coefficient (Wildman–Crippen LogP) is 2.84. The summed E-state index contributed by atoms with van der Waals surface area (Å²) in [5, 5.41) is 2.04. The second-order valence-electron chi connectivity index (χ2n) is 2.98. The van der Waals surface area contributed by atoms with Crippen LogP contribution in [0.25, 0.3) is 22.6 Å². The van der Waals surface area contributed by atoms with Gasteiger partial charge in [0, 0.05) is 10.9 Å². The molecule has 74 valence electrons. The zero-order valence-corrected chi connectivity index (χ0v) is 9.84. The number of fused-ring (bicyclic) bond motifs is 1. The number of imidazole rings is 1. The van der Waals surface area contributed by atoms with E-state index in [-0.39, 0.29) is 0 Å². The molecular weight excluding hydrogens is 276 g/mol. The molecule has 0 aliphatic carbocycles. The Kier molecular flexibility index (Phi) is 2.03. The van der Waals surface area contributed by atoms with E-state index in [1.165, 1.54) is 6.33 Å². The van der Waals surface area contributed by atoms with Crippen LogP contribution in [0.15, 0.2) is 27.8 Å². The monoisotopic (exact) mass is 280 g/mol. The van der Waals surface area contributed by atoms with Crippen molar-refractivity contribution in [1.82, 2.24) is 19.9 Å². The fraction of sp³-hybridized carbons (Fsp3) is 0. The van der Waals surface area contributed by atoms with Crippen LogP contribution in [0.4, 0.5) is 0 Å². The van der Waals surface area contributed by atoms with Crippen molar-refractivity contribution in [2.45, 2.75) is 0 Å². The van der Waals surface area contributed by atoms with Crippen LogP contribution in [-0.4, -0.2) is 19.9 Å². The smallest absolute Gasteiger partial charge is 0.181 e. The molecule has 0 saturated carbocycles. The van der Waals surface area contributed by atoms with Crippen molar-refractivity contribution in [3.63, 3.8) is 0 Å². The summed E-state index contributed by atoms with van der Waals surface area (Å²) in [6, 6.07) is 2.02. The number of hydrogen-bond donors (Lipinski definition) is 1. The maximum atomic E-state index is 4.38. The van der Waals surface area contributed by atoms with Crippen LogP contribution in [0.5, 0.6) is 0 Å². The quantitative estimate of drug-likeness (QED) is 0.746. The normalized spacial score (nSPS) is 11.0. The van der Waals surface area contributed by atoms with E-state index in [0.717, 1.165) is 20.7 Å². The van der Waals surface area contributed by atoms with Gasteiger partial charge in [0.25, 0.3) is 0 Å². The highest BCUT2D eigenvalue weighted by atomic mass is 79.9. The Morgan fingerprint density at radius 3 is 3.07 bits per heavy atom. The molecule has 4 nitrogen and oxygen atoms in total. The fourth-order valence-corrected chi connectivity index (χ4v) is 2.47. The highest BCUT2D eigenvalue weighted by Crippen LogP contribution is 2.27. The van der Waals surface area contributed by atoms with E-state index in [4.69, 9.17) is 0 Å². The molecule has 0 aromatic carbocycles. The third-order valence-corrected chi connectivity index (χ3v) is 3.51. The molecule has 0 fully saturated rings. The van der Waals surface area contributed by atoms with Gasteiger partial charge >= 0.3 is 0 Å². The number of aromatic amines is 1. The highest BCUT2D eigenvalue weighted by molar-refractivity contribution is 9.11. The lowest BCUT2D eigenvalue weighted by molar-refractivity contribution is 1.20. The van der Waals surface area contributed by atoms with E-state index in [1.807, 2.05) is 11.4 Å². The summed E-state index contributed by atoms with van der Waals surface area (Å²) in [7, 11) is 0. The van der Waals surface area contributed by atoms with Crippen LogP contribution < -0.4 is 0 Å². The van der Waals surface area contributed by atoms with Crippen LogP contribution in [0.3, 0.4) is 0 Å². The summed E-state index contributed by atoms with van der Waals surface area (Å²) in [6.07, 6.45) is 3.22. The van der Waals surface area contributed by atoms with Crippen molar-refractivity contribution >= 4 is 38.4 Å². The van der Waals surface area contributed by atoms with Crippen molar-refractivity contribution in [1.29, 1.82) is 0 Å². The minimum Gasteiger partial charge on any atom is -0.335 e. The van der Waals surface area contributed by atoms with Crippen LogP contribution >= 0.6 is 27.3 Å². The van der Waals surface area contributed by atoms with Crippen molar-refractivity contribution in [2.75, 3.05) is 0 Å². The Morgan fingerprint density at radius 1 is 1.40 bits per heavy atom. The average molecular weight is 281 g/mol. The Hall–Kier alpha value is -1.27. The van der Waals surface area contributed by atoms with E-state index >= 15 is 0 Å². The van der Waals surface area contributed by atoms with E-state index < -0.39 is 0 Å². The molecule has 3 aromatic rings. The topological polar surface area (TPSA) is 54.5 Å². The van der Waals surface area contributed by atoms with E-state index in [1.54, 1.807) is 17.5 Å². The molecule has 3 heterocycles. The van der Waals surface area contributed by atoms with Crippen molar-refractivity contribution in [2.24, 2.45) is 0 Å². The van der Waals surface area contributed by atoms with Gasteiger partial charge in [-0.3, -0.25) is 0 Å². The van der Waals surface area contributed by atoms with Crippen molar-refractivity contribution in [3.05, 3.63) is 27.8 Å². The molecule has 0 bridgehead atoms. The molecule has 6 heteroatoms. The van der Waals surface area contributed by atoms with Gasteiger partial charge in [-0.1, -0.05) is 0 Å². The molecule has 0 unspecified atom stereocenters. The third kappa shape index (κ3) is 1.55. The number of nitrogens with zero attached hydrogens (tertiary/aromatic N) is 3. The molecule has 0 spiro atoms. The lowest BCUT2D eigenvalue weighted by Gasteiger charge is -1.86. The Bertz CT molecular complexity index is 582. The van der Waals surface area contributed by atoms with E-state index in [2.05, 4.69) is 35.9 Å². The molecule has 3 aromatic heterocycles. The van der Waals surface area contributed by atoms with Crippen LogP contribution in [0.1, 0.15) is 0 Å². The van der Waals surface area contributed by atoms with Gasteiger partial charge in [-0.25, -0.2) is 15.0 Å². The number of halogens is 1. The first-order valence-electron chi connectivity index (χ1n) is 4.23. The molecular formula is C9H5BrN4S. The maximum Gasteiger partial charge on any atom is 0.181 e. The first-order valence-corrected chi connectivity index (χ1v) is 5.90. The highest BCUT2D eigenvalue weighted by Gasteiger charge is 2.07. The average Bonchev–Trinajstić information content (AvgIpc) is 2.82. The second kappa shape index (κ2) is 3.39. The third-order valence-electron chi connectivity index (χ3n) is 2.00. The Morgan fingerprint density at radius 2 is 2.33 bits per heavy atom. The summed E-state index contributed by atoms with van der Waals surface area (Å²) in [4.78, 5) is 15.6. The lowest BCUT2D eigenvalue weighted by atomic mass is 10.3. The standard InChI is InChI=1S/C9H5BrN4S/c10-7-1-5(3-15-7)8-13-6-2-11-4-12-9(6)14-8/h1-4H,(H,11,12,13,14).